The maximum atomic E-state index is 11.6. The molecule has 0 heterocycles. The minimum absolute atomic E-state index is 0.366. The van der Waals surface area contributed by atoms with Crippen LogP contribution >= 0.6 is 0 Å². The molecule has 4 heteroatoms. The van der Waals surface area contributed by atoms with Crippen molar-refractivity contribution >= 4 is 11.9 Å². The lowest BCUT2D eigenvalue weighted by Gasteiger charge is -2.23. The van der Waals surface area contributed by atoms with Crippen LogP contribution in [-0.4, -0.2) is 23.7 Å². The number of rotatable bonds is 4. The van der Waals surface area contributed by atoms with Gasteiger partial charge in [-0.2, -0.15) is 0 Å². The van der Waals surface area contributed by atoms with Crippen molar-refractivity contribution in [2.45, 2.75) is 26.2 Å². The summed E-state index contributed by atoms with van der Waals surface area (Å²) in [5.74, 6) is -2.44. The van der Waals surface area contributed by atoms with E-state index in [2.05, 4.69) is 0 Å². The molecule has 1 aliphatic carbocycles. The highest BCUT2D eigenvalue weighted by Crippen LogP contribution is 2.26. The molecule has 84 valence electrons. The maximum absolute atomic E-state index is 11.6. The number of allylic oxidation sites excluding steroid dienone is 2. The van der Waals surface area contributed by atoms with Gasteiger partial charge in [-0.1, -0.05) is 19.1 Å². The molecule has 2 atom stereocenters. The van der Waals surface area contributed by atoms with Gasteiger partial charge in [0.15, 0.2) is 0 Å². The van der Waals surface area contributed by atoms with Gasteiger partial charge >= 0.3 is 11.9 Å². The van der Waals surface area contributed by atoms with Crippen LogP contribution in [0.25, 0.3) is 0 Å². The number of carboxylic acids is 1. The number of carboxylic acid groups (broad SMARTS) is 1. The van der Waals surface area contributed by atoms with Crippen LogP contribution in [0.4, 0.5) is 0 Å². The van der Waals surface area contributed by atoms with Crippen LogP contribution in [0, 0.1) is 11.8 Å². The number of hydrogen-bond donors (Lipinski definition) is 1. The molecular formula is C11H16O4. The van der Waals surface area contributed by atoms with Gasteiger partial charge < -0.3 is 9.84 Å². The second kappa shape index (κ2) is 5.53. The number of carbonyl (C=O) groups excluding carboxylic acids is 1. The van der Waals surface area contributed by atoms with Crippen molar-refractivity contribution in [3.63, 3.8) is 0 Å². The largest absolute Gasteiger partial charge is 0.481 e. The summed E-state index contributed by atoms with van der Waals surface area (Å²) in [6, 6.07) is 0. The predicted octanol–water partition coefficient (Wildman–Crippen LogP) is 1.61. The smallest absolute Gasteiger partial charge is 0.310 e. The Morgan fingerprint density at radius 2 is 1.93 bits per heavy atom. The molecule has 0 saturated carbocycles. The summed E-state index contributed by atoms with van der Waals surface area (Å²) in [5.41, 5.74) is 0. The third-order valence-corrected chi connectivity index (χ3v) is 2.50. The SMILES string of the molecule is CCCOC(=O)[C@@H]1CC=CC[C@@H]1C(=O)O. The van der Waals surface area contributed by atoms with E-state index in [0.717, 1.165) is 6.42 Å². The van der Waals surface area contributed by atoms with Crippen molar-refractivity contribution in [1.29, 1.82) is 0 Å². The van der Waals surface area contributed by atoms with Crippen LogP contribution in [0.1, 0.15) is 26.2 Å². The van der Waals surface area contributed by atoms with E-state index in [4.69, 9.17) is 9.84 Å². The summed E-state index contributed by atoms with van der Waals surface area (Å²) in [6.45, 7) is 2.27. The fourth-order valence-corrected chi connectivity index (χ4v) is 1.66. The summed E-state index contributed by atoms with van der Waals surface area (Å²) >= 11 is 0. The minimum Gasteiger partial charge on any atom is -0.481 e. The average molecular weight is 212 g/mol. The number of esters is 1. The van der Waals surface area contributed by atoms with Gasteiger partial charge in [0.2, 0.25) is 0 Å². The molecule has 1 aliphatic rings. The van der Waals surface area contributed by atoms with Gasteiger partial charge in [0.25, 0.3) is 0 Å². The zero-order valence-corrected chi connectivity index (χ0v) is 8.81. The molecular weight excluding hydrogens is 196 g/mol. The average Bonchev–Trinajstić information content (AvgIpc) is 2.25. The van der Waals surface area contributed by atoms with Gasteiger partial charge in [-0.25, -0.2) is 0 Å². The first-order chi connectivity index (χ1) is 7.16. The van der Waals surface area contributed by atoms with Crippen molar-refractivity contribution in [2.75, 3.05) is 6.61 Å². The quantitative estimate of drug-likeness (QED) is 0.568. The molecule has 0 fully saturated rings. The molecule has 0 aliphatic heterocycles. The van der Waals surface area contributed by atoms with Gasteiger partial charge in [0.05, 0.1) is 18.4 Å². The Bertz CT molecular complexity index is 270. The van der Waals surface area contributed by atoms with E-state index in [1.54, 1.807) is 0 Å². The van der Waals surface area contributed by atoms with Crippen LogP contribution in [0.15, 0.2) is 12.2 Å². The van der Waals surface area contributed by atoms with E-state index in [-0.39, 0.29) is 5.97 Å². The van der Waals surface area contributed by atoms with Gasteiger partial charge in [-0.15, -0.1) is 0 Å². The number of ether oxygens (including phenoxy) is 1. The van der Waals surface area contributed by atoms with Crippen molar-refractivity contribution in [3.05, 3.63) is 12.2 Å². The Hall–Kier alpha value is -1.32. The molecule has 1 rings (SSSR count). The standard InChI is InChI=1S/C11H16O4/c1-2-7-15-11(14)9-6-4-3-5-8(9)10(12)13/h3-4,8-9H,2,5-7H2,1H3,(H,12,13)/t8-,9+/m0/s1. The third kappa shape index (κ3) is 3.08. The minimum atomic E-state index is -0.919. The second-order valence-corrected chi connectivity index (χ2v) is 3.66. The van der Waals surface area contributed by atoms with E-state index in [9.17, 15) is 9.59 Å². The highest BCUT2D eigenvalue weighted by Gasteiger charge is 2.34. The number of carbonyl (C=O) groups is 2. The summed E-state index contributed by atoms with van der Waals surface area (Å²) < 4.78 is 4.97. The van der Waals surface area contributed by atoms with E-state index < -0.39 is 17.8 Å². The van der Waals surface area contributed by atoms with E-state index in [1.807, 2.05) is 19.1 Å². The first kappa shape index (κ1) is 11.8. The molecule has 0 amide bonds. The van der Waals surface area contributed by atoms with Crippen LogP contribution in [0.3, 0.4) is 0 Å². The molecule has 0 bridgehead atoms. The number of aliphatic carboxylic acids is 1. The lowest BCUT2D eigenvalue weighted by Crippen LogP contribution is -2.32. The van der Waals surface area contributed by atoms with Crippen LogP contribution in [0.2, 0.25) is 0 Å². The van der Waals surface area contributed by atoms with Crippen LogP contribution in [-0.2, 0) is 14.3 Å². The fourth-order valence-electron chi connectivity index (χ4n) is 1.66. The molecule has 15 heavy (non-hydrogen) atoms. The normalized spacial score (nSPS) is 24.9. The topological polar surface area (TPSA) is 63.6 Å². The maximum Gasteiger partial charge on any atom is 0.310 e. The predicted molar refractivity (Wildman–Crippen MR) is 54.2 cm³/mol. The monoisotopic (exact) mass is 212 g/mol. The summed E-state index contributed by atoms with van der Waals surface area (Å²) in [4.78, 5) is 22.5. The highest BCUT2D eigenvalue weighted by molar-refractivity contribution is 5.81. The molecule has 0 aromatic rings. The lowest BCUT2D eigenvalue weighted by atomic mass is 9.83. The molecule has 0 unspecified atom stereocenters. The van der Waals surface area contributed by atoms with Gasteiger partial charge in [0.1, 0.15) is 0 Å². The fraction of sp³-hybridized carbons (Fsp3) is 0.636. The van der Waals surface area contributed by atoms with Crippen LogP contribution in [0.5, 0.6) is 0 Å². The molecule has 4 nitrogen and oxygen atoms in total. The summed E-state index contributed by atoms with van der Waals surface area (Å²) in [7, 11) is 0. The first-order valence-corrected chi connectivity index (χ1v) is 5.21. The molecule has 0 saturated heterocycles. The Balaban J connectivity index is 2.60. The van der Waals surface area contributed by atoms with Gasteiger partial charge in [-0.05, 0) is 19.3 Å². The zero-order chi connectivity index (χ0) is 11.3. The molecule has 0 spiro atoms. The number of hydrogen-bond acceptors (Lipinski definition) is 3. The Labute approximate surface area is 88.9 Å². The van der Waals surface area contributed by atoms with E-state index >= 15 is 0 Å². The Kier molecular flexibility index (Phi) is 4.34. The summed E-state index contributed by atoms with van der Waals surface area (Å²) in [6.07, 6.45) is 5.30. The molecule has 0 aromatic carbocycles. The van der Waals surface area contributed by atoms with Crippen molar-refractivity contribution in [2.24, 2.45) is 11.8 Å². The van der Waals surface area contributed by atoms with E-state index in [0.29, 0.717) is 19.4 Å². The zero-order valence-electron chi connectivity index (χ0n) is 8.81. The third-order valence-electron chi connectivity index (χ3n) is 2.50. The lowest BCUT2D eigenvalue weighted by molar-refractivity contribution is -0.157. The summed E-state index contributed by atoms with van der Waals surface area (Å²) in [5, 5.41) is 8.94. The van der Waals surface area contributed by atoms with Gasteiger partial charge in [-0.3, -0.25) is 9.59 Å². The molecule has 0 aromatic heterocycles. The van der Waals surface area contributed by atoms with Crippen molar-refractivity contribution in [3.8, 4) is 0 Å². The first-order valence-electron chi connectivity index (χ1n) is 5.21. The van der Waals surface area contributed by atoms with Gasteiger partial charge in [0, 0.05) is 0 Å². The second-order valence-electron chi connectivity index (χ2n) is 3.66. The van der Waals surface area contributed by atoms with E-state index in [1.165, 1.54) is 0 Å². The molecule has 0 radical (unpaired) electrons. The van der Waals surface area contributed by atoms with Crippen molar-refractivity contribution < 1.29 is 19.4 Å². The van der Waals surface area contributed by atoms with Crippen LogP contribution < -0.4 is 0 Å². The van der Waals surface area contributed by atoms with Crippen molar-refractivity contribution in [1.82, 2.24) is 0 Å². The Morgan fingerprint density at radius 3 is 2.47 bits per heavy atom. The molecule has 1 N–H and O–H groups in total. The Morgan fingerprint density at radius 1 is 1.33 bits per heavy atom. The highest BCUT2D eigenvalue weighted by atomic mass is 16.5.